The summed E-state index contributed by atoms with van der Waals surface area (Å²) >= 11 is 0. The van der Waals surface area contributed by atoms with Crippen LogP contribution in [0, 0.1) is 5.82 Å². The van der Waals surface area contributed by atoms with E-state index in [4.69, 9.17) is 0 Å². The molecule has 1 unspecified atom stereocenters. The maximum Gasteiger partial charge on any atom is 0.146 e. The number of nitrogens with zero attached hydrogens (tertiary/aromatic N) is 1. The fraction of sp³-hybridized carbons (Fsp3) is 0.571. The van der Waals surface area contributed by atoms with Gasteiger partial charge in [-0.25, -0.2) is 4.39 Å². The van der Waals surface area contributed by atoms with Crippen LogP contribution in [0.2, 0.25) is 0 Å². The summed E-state index contributed by atoms with van der Waals surface area (Å²) in [7, 11) is 1.90. The number of anilines is 1. The average molecular weight is 236 g/mol. The minimum absolute atomic E-state index is 0.0912. The van der Waals surface area contributed by atoms with Gasteiger partial charge in [0.15, 0.2) is 0 Å². The zero-order valence-corrected chi connectivity index (χ0v) is 10.7. The molecule has 1 aromatic rings. The van der Waals surface area contributed by atoms with Gasteiger partial charge in [-0.3, -0.25) is 0 Å². The Morgan fingerprint density at radius 3 is 2.94 bits per heavy atom. The minimum Gasteiger partial charge on any atom is -0.366 e. The summed E-state index contributed by atoms with van der Waals surface area (Å²) < 4.78 is 14.1. The standard InChI is InChI=1S/C14H21FN2/c1-11-6-3-4-9-17(11)14-12(10-16-2)7-5-8-13(14)15/h5,7-8,11,16H,3-4,6,9-10H2,1-2H3. The molecule has 1 fully saturated rings. The molecule has 0 bridgehead atoms. The Labute approximate surface area is 103 Å². The number of benzene rings is 1. The molecule has 2 rings (SSSR count). The number of piperidine rings is 1. The molecule has 1 N–H and O–H groups in total. The van der Waals surface area contributed by atoms with Gasteiger partial charge in [0.25, 0.3) is 0 Å². The molecule has 2 nitrogen and oxygen atoms in total. The Bertz CT molecular complexity index is 378. The van der Waals surface area contributed by atoms with E-state index in [1.54, 1.807) is 12.1 Å². The van der Waals surface area contributed by atoms with Gasteiger partial charge in [0.05, 0.1) is 5.69 Å². The lowest BCUT2D eigenvalue weighted by Gasteiger charge is -2.36. The van der Waals surface area contributed by atoms with Crippen molar-refractivity contribution in [2.75, 3.05) is 18.5 Å². The van der Waals surface area contributed by atoms with E-state index in [9.17, 15) is 4.39 Å². The largest absolute Gasteiger partial charge is 0.366 e. The van der Waals surface area contributed by atoms with Gasteiger partial charge in [-0.1, -0.05) is 12.1 Å². The Balaban J connectivity index is 2.34. The van der Waals surface area contributed by atoms with Crippen molar-refractivity contribution >= 4 is 5.69 Å². The van der Waals surface area contributed by atoms with Crippen LogP contribution in [0.5, 0.6) is 0 Å². The van der Waals surface area contributed by atoms with Crippen molar-refractivity contribution in [3.05, 3.63) is 29.6 Å². The van der Waals surface area contributed by atoms with Crippen molar-refractivity contribution in [3.63, 3.8) is 0 Å². The van der Waals surface area contributed by atoms with Crippen LogP contribution < -0.4 is 10.2 Å². The minimum atomic E-state index is -0.0912. The van der Waals surface area contributed by atoms with E-state index in [1.807, 2.05) is 13.1 Å². The molecule has 0 aromatic heterocycles. The Morgan fingerprint density at radius 2 is 2.24 bits per heavy atom. The van der Waals surface area contributed by atoms with Crippen molar-refractivity contribution in [3.8, 4) is 0 Å². The Hall–Kier alpha value is -1.09. The van der Waals surface area contributed by atoms with Gasteiger partial charge in [-0.2, -0.15) is 0 Å². The molecule has 1 aromatic carbocycles. The van der Waals surface area contributed by atoms with E-state index in [-0.39, 0.29) is 5.82 Å². The summed E-state index contributed by atoms with van der Waals surface area (Å²) in [6.07, 6.45) is 3.58. The van der Waals surface area contributed by atoms with Crippen LogP contribution in [0.25, 0.3) is 0 Å². The lowest BCUT2D eigenvalue weighted by molar-refractivity contribution is 0.474. The van der Waals surface area contributed by atoms with E-state index >= 15 is 0 Å². The molecule has 0 aliphatic carbocycles. The van der Waals surface area contributed by atoms with Crippen molar-refractivity contribution in [2.45, 2.75) is 38.8 Å². The summed E-state index contributed by atoms with van der Waals surface area (Å²) in [6.45, 7) is 3.88. The van der Waals surface area contributed by atoms with Crippen molar-refractivity contribution < 1.29 is 4.39 Å². The summed E-state index contributed by atoms with van der Waals surface area (Å²) in [5.41, 5.74) is 1.86. The smallest absolute Gasteiger partial charge is 0.146 e. The van der Waals surface area contributed by atoms with E-state index in [2.05, 4.69) is 17.1 Å². The highest BCUT2D eigenvalue weighted by atomic mass is 19.1. The number of nitrogens with one attached hydrogen (secondary N) is 1. The average Bonchev–Trinajstić information content (AvgIpc) is 2.31. The molecule has 0 spiro atoms. The summed E-state index contributed by atoms with van der Waals surface area (Å²) in [5, 5.41) is 3.11. The second-order valence-electron chi connectivity index (χ2n) is 4.82. The van der Waals surface area contributed by atoms with Gasteiger partial charge < -0.3 is 10.2 Å². The predicted octanol–water partition coefficient (Wildman–Crippen LogP) is 2.92. The second-order valence-corrected chi connectivity index (χ2v) is 4.82. The number of halogens is 1. The normalized spacial score (nSPS) is 20.6. The van der Waals surface area contributed by atoms with Crippen LogP contribution in [0.15, 0.2) is 18.2 Å². The molecule has 1 atom stereocenters. The summed E-state index contributed by atoms with van der Waals surface area (Å²) in [4.78, 5) is 2.23. The molecule has 17 heavy (non-hydrogen) atoms. The maximum atomic E-state index is 14.1. The van der Waals surface area contributed by atoms with Crippen LogP contribution in [-0.2, 0) is 6.54 Å². The molecule has 1 saturated heterocycles. The molecule has 0 amide bonds. The number of rotatable bonds is 3. The van der Waals surface area contributed by atoms with Crippen LogP contribution in [0.1, 0.15) is 31.7 Å². The quantitative estimate of drug-likeness (QED) is 0.868. The van der Waals surface area contributed by atoms with Crippen LogP contribution in [0.3, 0.4) is 0 Å². The highest BCUT2D eigenvalue weighted by molar-refractivity contribution is 5.56. The number of para-hydroxylation sites is 1. The molecule has 1 aliphatic rings. The zero-order valence-electron chi connectivity index (χ0n) is 10.7. The molecular formula is C14H21FN2. The van der Waals surface area contributed by atoms with Gasteiger partial charge in [-0.15, -0.1) is 0 Å². The second kappa shape index (κ2) is 5.50. The maximum absolute atomic E-state index is 14.1. The molecule has 0 radical (unpaired) electrons. The molecule has 1 aliphatic heterocycles. The fourth-order valence-electron chi connectivity index (χ4n) is 2.65. The lowest BCUT2D eigenvalue weighted by atomic mass is 10.0. The van der Waals surface area contributed by atoms with Crippen molar-refractivity contribution in [2.24, 2.45) is 0 Å². The van der Waals surface area contributed by atoms with Crippen molar-refractivity contribution in [1.29, 1.82) is 0 Å². The van der Waals surface area contributed by atoms with E-state index in [1.165, 1.54) is 6.42 Å². The first kappa shape index (κ1) is 12.4. The van der Waals surface area contributed by atoms with Crippen LogP contribution in [0.4, 0.5) is 10.1 Å². The molecule has 1 heterocycles. The summed E-state index contributed by atoms with van der Waals surface area (Å²) in [6, 6.07) is 5.81. The topological polar surface area (TPSA) is 15.3 Å². The third kappa shape index (κ3) is 2.60. The van der Waals surface area contributed by atoms with Gasteiger partial charge in [0.1, 0.15) is 5.82 Å². The summed E-state index contributed by atoms with van der Waals surface area (Å²) in [5.74, 6) is -0.0912. The van der Waals surface area contributed by atoms with Gasteiger partial charge in [-0.05, 0) is 44.9 Å². The van der Waals surface area contributed by atoms with Gasteiger partial charge in [0.2, 0.25) is 0 Å². The first-order valence-electron chi connectivity index (χ1n) is 6.42. The van der Waals surface area contributed by atoms with Crippen LogP contribution in [-0.4, -0.2) is 19.6 Å². The third-order valence-electron chi connectivity index (χ3n) is 3.53. The molecule has 3 heteroatoms. The van der Waals surface area contributed by atoms with Gasteiger partial charge >= 0.3 is 0 Å². The Kier molecular flexibility index (Phi) is 4.00. The van der Waals surface area contributed by atoms with E-state index in [0.717, 1.165) is 37.2 Å². The van der Waals surface area contributed by atoms with E-state index in [0.29, 0.717) is 6.04 Å². The lowest BCUT2D eigenvalue weighted by Crippen LogP contribution is -2.38. The first-order valence-corrected chi connectivity index (χ1v) is 6.42. The molecule has 0 saturated carbocycles. The third-order valence-corrected chi connectivity index (χ3v) is 3.53. The zero-order chi connectivity index (χ0) is 12.3. The highest BCUT2D eigenvalue weighted by Crippen LogP contribution is 2.30. The SMILES string of the molecule is CNCc1cccc(F)c1N1CCCCC1C. The first-order chi connectivity index (χ1) is 8.24. The predicted molar refractivity (Wildman–Crippen MR) is 69.8 cm³/mol. The van der Waals surface area contributed by atoms with Crippen LogP contribution >= 0.6 is 0 Å². The fourth-order valence-corrected chi connectivity index (χ4v) is 2.65. The highest BCUT2D eigenvalue weighted by Gasteiger charge is 2.23. The van der Waals surface area contributed by atoms with Gasteiger partial charge in [0, 0.05) is 19.1 Å². The molecular weight excluding hydrogens is 215 g/mol. The van der Waals surface area contributed by atoms with Crippen molar-refractivity contribution in [1.82, 2.24) is 5.32 Å². The van der Waals surface area contributed by atoms with E-state index < -0.39 is 0 Å². The Morgan fingerprint density at radius 1 is 1.41 bits per heavy atom. The monoisotopic (exact) mass is 236 g/mol. The number of hydrogen-bond donors (Lipinski definition) is 1. The number of hydrogen-bond acceptors (Lipinski definition) is 2. The molecule has 94 valence electrons.